The van der Waals surface area contributed by atoms with Crippen molar-refractivity contribution in [1.82, 2.24) is 0 Å². The van der Waals surface area contributed by atoms with Gasteiger partial charge < -0.3 is 10.2 Å². The van der Waals surface area contributed by atoms with Gasteiger partial charge >= 0.3 is 0 Å². The molecule has 0 spiro atoms. The SMILES string of the molecule is Cc1c(C(=O)Nc2ccc(N3CCCC3)cc2)cccc1N(C)S(C)(=O)=O. The molecular formula is C20H25N3O3S. The van der Waals surface area contributed by atoms with E-state index in [1.807, 2.05) is 24.3 Å². The van der Waals surface area contributed by atoms with Gasteiger partial charge in [-0.05, 0) is 61.7 Å². The summed E-state index contributed by atoms with van der Waals surface area (Å²) in [5, 5.41) is 2.90. The van der Waals surface area contributed by atoms with Crippen molar-refractivity contribution in [2.24, 2.45) is 0 Å². The molecule has 1 fully saturated rings. The van der Waals surface area contributed by atoms with Crippen molar-refractivity contribution in [2.45, 2.75) is 19.8 Å². The highest BCUT2D eigenvalue weighted by atomic mass is 32.2. The quantitative estimate of drug-likeness (QED) is 0.855. The Labute approximate surface area is 160 Å². The van der Waals surface area contributed by atoms with E-state index in [0.717, 1.165) is 19.3 Å². The van der Waals surface area contributed by atoms with Crippen molar-refractivity contribution < 1.29 is 13.2 Å². The Balaban J connectivity index is 1.78. The standard InChI is InChI=1S/C20H25N3O3S/c1-15-18(7-6-8-19(15)22(2)27(3,25)26)20(24)21-16-9-11-17(12-10-16)23-13-4-5-14-23/h6-12H,4-5,13-14H2,1-3H3,(H,21,24). The lowest BCUT2D eigenvalue weighted by Gasteiger charge is -2.20. The van der Waals surface area contributed by atoms with Crippen LogP contribution in [0.2, 0.25) is 0 Å². The summed E-state index contributed by atoms with van der Waals surface area (Å²) in [6.45, 7) is 3.90. The zero-order chi connectivity index (χ0) is 19.6. The minimum atomic E-state index is -3.40. The van der Waals surface area contributed by atoms with Gasteiger partial charge in [0.15, 0.2) is 0 Å². The highest BCUT2D eigenvalue weighted by Crippen LogP contribution is 2.26. The average molecular weight is 388 g/mol. The molecule has 0 unspecified atom stereocenters. The van der Waals surface area contributed by atoms with Crippen LogP contribution < -0.4 is 14.5 Å². The maximum atomic E-state index is 12.7. The molecular weight excluding hydrogens is 362 g/mol. The second-order valence-corrected chi connectivity index (χ2v) is 8.89. The lowest BCUT2D eigenvalue weighted by molar-refractivity contribution is 0.102. The third-order valence-corrected chi connectivity index (χ3v) is 6.17. The van der Waals surface area contributed by atoms with Gasteiger partial charge in [-0.15, -0.1) is 0 Å². The zero-order valence-electron chi connectivity index (χ0n) is 15.9. The van der Waals surface area contributed by atoms with Gasteiger partial charge in [-0.2, -0.15) is 0 Å². The predicted octanol–water partition coefficient (Wildman–Crippen LogP) is 3.24. The van der Waals surface area contributed by atoms with Crippen LogP contribution in [0.3, 0.4) is 0 Å². The number of amides is 1. The first-order valence-corrected chi connectivity index (χ1v) is 10.8. The first-order chi connectivity index (χ1) is 12.8. The Hall–Kier alpha value is -2.54. The largest absolute Gasteiger partial charge is 0.372 e. The molecule has 0 saturated carbocycles. The maximum Gasteiger partial charge on any atom is 0.256 e. The molecule has 0 aromatic heterocycles. The molecule has 3 rings (SSSR count). The molecule has 1 heterocycles. The van der Waals surface area contributed by atoms with Gasteiger partial charge in [-0.1, -0.05) is 6.07 Å². The van der Waals surface area contributed by atoms with E-state index in [9.17, 15) is 13.2 Å². The third kappa shape index (κ3) is 4.24. The van der Waals surface area contributed by atoms with Crippen LogP contribution in [0, 0.1) is 6.92 Å². The summed E-state index contributed by atoms with van der Waals surface area (Å²) in [4.78, 5) is 15.0. The van der Waals surface area contributed by atoms with E-state index in [0.29, 0.717) is 22.5 Å². The van der Waals surface area contributed by atoms with Crippen molar-refractivity contribution in [1.29, 1.82) is 0 Å². The van der Waals surface area contributed by atoms with Gasteiger partial charge in [0.1, 0.15) is 0 Å². The van der Waals surface area contributed by atoms with Crippen molar-refractivity contribution in [3.8, 4) is 0 Å². The molecule has 0 radical (unpaired) electrons. The van der Waals surface area contributed by atoms with Crippen LogP contribution in [0.4, 0.5) is 17.1 Å². The van der Waals surface area contributed by atoms with E-state index in [1.54, 1.807) is 25.1 Å². The van der Waals surface area contributed by atoms with Gasteiger partial charge in [0.05, 0.1) is 11.9 Å². The van der Waals surface area contributed by atoms with Crippen LogP contribution in [-0.2, 0) is 10.0 Å². The summed E-state index contributed by atoms with van der Waals surface area (Å²) in [7, 11) is -1.91. The molecule has 0 atom stereocenters. The first kappa shape index (κ1) is 19.2. The summed E-state index contributed by atoms with van der Waals surface area (Å²) in [6.07, 6.45) is 3.58. The normalized spacial score (nSPS) is 14.3. The third-order valence-electron chi connectivity index (χ3n) is 4.98. The smallest absolute Gasteiger partial charge is 0.256 e. The first-order valence-electron chi connectivity index (χ1n) is 8.97. The van der Waals surface area contributed by atoms with Crippen molar-refractivity contribution in [3.63, 3.8) is 0 Å². The van der Waals surface area contributed by atoms with E-state index in [1.165, 1.54) is 29.9 Å². The fourth-order valence-corrected chi connectivity index (χ4v) is 3.87. The summed E-state index contributed by atoms with van der Waals surface area (Å²) < 4.78 is 24.8. The highest BCUT2D eigenvalue weighted by molar-refractivity contribution is 7.92. The van der Waals surface area contributed by atoms with Gasteiger partial charge in [-0.25, -0.2) is 8.42 Å². The van der Waals surface area contributed by atoms with Crippen molar-refractivity contribution >= 4 is 33.0 Å². The Bertz CT molecular complexity index is 933. The molecule has 6 nitrogen and oxygen atoms in total. The molecule has 1 aliphatic heterocycles. The molecule has 0 bridgehead atoms. The molecule has 2 aromatic rings. The van der Waals surface area contributed by atoms with Crippen LogP contribution in [0.15, 0.2) is 42.5 Å². The maximum absolute atomic E-state index is 12.7. The lowest BCUT2D eigenvalue weighted by atomic mass is 10.1. The number of carbonyl (C=O) groups excluding carboxylic acids is 1. The number of nitrogens with zero attached hydrogens (tertiary/aromatic N) is 2. The molecule has 1 aliphatic rings. The molecule has 2 aromatic carbocycles. The van der Waals surface area contributed by atoms with Gasteiger partial charge in [0.2, 0.25) is 10.0 Å². The molecule has 1 N–H and O–H groups in total. The lowest BCUT2D eigenvalue weighted by Crippen LogP contribution is -2.26. The van der Waals surface area contributed by atoms with Crippen LogP contribution in [0.5, 0.6) is 0 Å². The Morgan fingerprint density at radius 1 is 1.07 bits per heavy atom. The van der Waals surface area contributed by atoms with Gasteiger partial charge in [0, 0.05) is 37.1 Å². The number of benzene rings is 2. The number of hydrogen-bond donors (Lipinski definition) is 1. The van der Waals surface area contributed by atoms with Gasteiger partial charge in [0.25, 0.3) is 5.91 Å². The number of rotatable bonds is 5. The van der Waals surface area contributed by atoms with Crippen LogP contribution >= 0.6 is 0 Å². The number of sulfonamides is 1. The molecule has 1 saturated heterocycles. The van der Waals surface area contributed by atoms with E-state index >= 15 is 0 Å². The van der Waals surface area contributed by atoms with E-state index < -0.39 is 10.0 Å². The van der Waals surface area contributed by atoms with Crippen molar-refractivity contribution in [3.05, 3.63) is 53.6 Å². The minimum Gasteiger partial charge on any atom is -0.372 e. The molecule has 144 valence electrons. The number of nitrogens with one attached hydrogen (secondary N) is 1. The highest BCUT2D eigenvalue weighted by Gasteiger charge is 2.19. The average Bonchev–Trinajstić information content (AvgIpc) is 3.16. The summed E-state index contributed by atoms with van der Waals surface area (Å²) in [5.41, 5.74) is 3.44. The monoisotopic (exact) mass is 387 g/mol. The molecule has 27 heavy (non-hydrogen) atoms. The molecule has 7 heteroatoms. The fraction of sp³-hybridized carbons (Fsp3) is 0.350. The summed E-state index contributed by atoms with van der Waals surface area (Å²) >= 11 is 0. The van der Waals surface area contributed by atoms with E-state index in [2.05, 4.69) is 10.2 Å². The second kappa shape index (κ2) is 7.60. The summed E-state index contributed by atoms with van der Waals surface area (Å²) in [5.74, 6) is -0.259. The van der Waals surface area contributed by atoms with Crippen LogP contribution in [0.25, 0.3) is 0 Å². The van der Waals surface area contributed by atoms with Gasteiger partial charge in [-0.3, -0.25) is 9.10 Å². The molecule has 1 amide bonds. The molecule has 0 aliphatic carbocycles. The van der Waals surface area contributed by atoms with Crippen LogP contribution in [-0.4, -0.2) is 40.7 Å². The minimum absolute atomic E-state index is 0.259. The van der Waals surface area contributed by atoms with E-state index in [4.69, 9.17) is 0 Å². The summed E-state index contributed by atoms with van der Waals surface area (Å²) in [6, 6.07) is 12.9. The predicted molar refractivity (Wildman–Crippen MR) is 110 cm³/mol. The van der Waals surface area contributed by atoms with E-state index in [-0.39, 0.29) is 5.91 Å². The Morgan fingerprint density at radius 3 is 2.30 bits per heavy atom. The number of hydrogen-bond acceptors (Lipinski definition) is 4. The van der Waals surface area contributed by atoms with Crippen LogP contribution in [0.1, 0.15) is 28.8 Å². The number of carbonyl (C=O) groups is 1. The fourth-order valence-electron chi connectivity index (χ4n) is 3.32. The zero-order valence-corrected chi connectivity index (χ0v) is 16.7. The Morgan fingerprint density at radius 2 is 1.70 bits per heavy atom. The Kier molecular flexibility index (Phi) is 5.41. The van der Waals surface area contributed by atoms with Crippen molar-refractivity contribution in [2.75, 3.05) is 40.9 Å². The topological polar surface area (TPSA) is 69.7 Å². The second-order valence-electron chi connectivity index (χ2n) is 6.88. The number of anilines is 3.